The minimum absolute atomic E-state index is 0.908. The quantitative estimate of drug-likeness (QED) is 0.906. The molecule has 0 fully saturated rings. The van der Waals surface area contributed by atoms with Crippen LogP contribution in [-0.4, -0.2) is 20.2 Å². The molecule has 0 aliphatic carbocycles. The molecule has 0 radical (unpaired) electrons. The number of anilines is 1. The van der Waals surface area contributed by atoms with E-state index in [2.05, 4.69) is 46.6 Å². The average molecular weight is 268 g/mol. The van der Waals surface area contributed by atoms with E-state index in [-0.39, 0.29) is 0 Å². The van der Waals surface area contributed by atoms with Gasteiger partial charge in [0.05, 0.1) is 7.11 Å². The first-order valence-corrected chi connectivity index (χ1v) is 7.03. The maximum absolute atomic E-state index is 5.33. The predicted molar refractivity (Wildman–Crippen MR) is 82.2 cm³/mol. The molecule has 3 heteroatoms. The third-order valence-corrected chi connectivity index (χ3v) is 3.77. The largest absolute Gasteiger partial charge is 0.497 e. The van der Waals surface area contributed by atoms with E-state index in [9.17, 15) is 0 Å². The Morgan fingerprint density at radius 2 is 1.90 bits per heavy atom. The molecule has 1 N–H and O–H groups in total. The lowest BCUT2D eigenvalue weighted by Crippen LogP contribution is -2.34. The second-order valence-electron chi connectivity index (χ2n) is 5.07. The van der Waals surface area contributed by atoms with Crippen molar-refractivity contribution in [2.24, 2.45) is 0 Å². The van der Waals surface area contributed by atoms with Crippen LogP contribution in [0.4, 0.5) is 5.69 Å². The third kappa shape index (κ3) is 2.78. The number of methoxy groups -OCH3 is 1. The first-order chi connectivity index (χ1) is 9.86. The standard InChI is InChI=1S/C17H20N2O/c1-20-17-8-4-7-16(11-17)19-10-9-18-12-14-5-2-3-6-15(14)13-19/h2-8,11,18H,9-10,12-13H2,1H3. The van der Waals surface area contributed by atoms with Crippen LogP contribution in [-0.2, 0) is 13.1 Å². The van der Waals surface area contributed by atoms with Gasteiger partial charge in [-0.15, -0.1) is 0 Å². The molecule has 1 aliphatic rings. The zero-order chi connectivity index (χ0) is 13.8. The fourth-order valence-electron chi connectivity index (χ4n) is 2.63. The molecule has 0 spiro atoms. The van der Waals surface area contributed by atoms with E-state index in [1.54, 1.807) is 7.11 Å². The Labute approximate surface area is 120 Å². The molecular weight excluding hydrogens is 248 g/mol. The van der Waals surface area contributed by atoms with Crippen LogP contribution < -0.4 is 15.0 Å². The van der Waals surface area contributed by atoms with E-state index in [4.69, 9.17) is 4.74 Å². The second-order valence-corrected chi connectivity index (χ2v) is 5.07. The summed E-state index contributed by atoms with van der Waals surface area (Å²) in [6.07, 6.45) is 0. The zero-order valence-corrected chi connectivity index (χ0v) is 11.8. The van der Waals surface area contributed by atoms with Gasteiger partial charge in [-0.3, -0.25) is 0 Å². The van der Waals surface area contributed by atoms with Crippen LogP contribution in [0.3, 0.4) is 0 Å². The van der Waals surface area contributed by atoms with Gasteiger partial charge < -0.3 is 15.0 Å². The van der Waals surface area contributed by atoms with Crippen molar-refractivity contribution in [3.63, 3.8) is 0 Å². The SMILES string of the molecule is COc1cccc(N2CCNCc3ccccc3C2)c1. The van der Waals surface area contributed by atoms with Gasteiger partial charge in [0.25, 0.3) is 0 Å². The molecule has 0 unspecified atom stereocenters. The molecule has 3 rings (SSSR count). The number of nitrogens with one attached hydrogen (secondary N) is 1. The number of fused-ring (bicyclic) bond motifs is 1. The molecule has 20 heavy (non-hydrogen) atoms. The number of ether oxygens (including phenoxy) is 1. The van der Waals surface area contributed by atoms with Crippen LogP contribution in [0, 0.1) is 0 Å². The highest BCUT2D eigenvalue weighted by molar-refractivity contribution is 5.51. The molecule has 0 saturated heterocycles. The Bertz CT molecular complexity index is 583. The minimum atomic E-state index is 0.908. The van der Waals surface area contributed by atoms with E-state index in [1.807, 2.05) is 12.1 Å². The van der Waals surface area contributed by atoms with Gasteiger partial charge >= 0.3 is 0 Å². The van der Waals surface area contributed by atoms with Crippen LogP contribution in [0.1, 0.15) is 11.1 Å². The molecule has 3 nitrogen and oxygen atoms in total. The fraction of sp³-hybridized carbons (Fsp3) is 0.294. The second kappa shape index (κ2) is 5.97. The molecule has 1 heterocycles. The Morgan fingerprint density at radius 3 is 2.75 bits per heavy atom. The van der Waals surface area contributed by atoms with Gasteiger partial charge in [0, 0.05) is 37.9 Å². The number of nitrogens with zero attached hydrogens (tertiary/aromatic N) is 1. The molecule has 1 aliphatic heterocycles. The molecule has 2 aromatic carbocycles. The maximum atomic E-state index is 5.33. The van der Waals surface area contributed by atoms with Crippen molar-refractivity contribution >= 4 is 5.69 Å². The van der Waals surface area contributed by atoms with E-state index >= 15 is 0 Å². The Hall–Kier alpha value is -2.00. The van der Waals surface area contributed by atoms with Crippen LogP contribution in [0.15, 0.2) is 48.5 Å². The fourth-order valence-corrected chi connectivity index (χ4v) is 2.63. The van der Waals surface area contributed by atoms with Crippen LogP contribution >= 0.6 is 0 Å². The molecule has 0 amide bonds. The number of hydrogen-bond acceptors (Lipinski definition) is 3. The predicted octanol–water partition coefficient (Wildman–Crippen LogP) is 2.81. The van der Waals surface area contributed by atoms with E-state index < -0.39 is 0 Å². The lowest BCUT2D eigenvalue weighted by molar-refractivity contribution is 0.414. The van der Waals surface area contributed by atoms with Crippen molar-refractivity contribution in [1.82, 2.24) is 5.32 Å². The van der Waals surface area contributed by atoms with Crippen LogP contribution in [0.25, 0.3) is 0 Å². The lowest BCUT2D eigenvalue weighted by atomic mass is 10.1. The van der Waals surface area contributed by atoms with Crippen molar-refractivity contribution in [2.75, 3.05) is 25.1 Å². The highest BCUT2D eigenvalue weighted by atomic mass is 16.5. The maximum Gasteiger partial charge on any atom is 0.120 e. The Kier molecular flexibility index (Phi) is 3.88. The number of hydrogen-bond donors (Lipinski definition) is 1. The summed E-state index contributed by atoms with van der Waals surface area (Å²) in [5.41, 5.74) is 3.99. The molecule has 104 valence electrons. The normalized spacial score (nSPS) is 15.2. The van der Waals surface area contributed by atoms with E-state index in [0.717, 1.165) is 31.9 Å². The molecular formula is C17H20N2O. The summed E-state index contributed by atoms with van der Waals surface area (Å²) in [5, 5.41) is 3.50. The molecule has 0 bridgehead atoms. The van der Waals surface area contributed by atoms with E-state index in [1.165, 1.54) is 16.8 Å². The molecule has 0 atom stereocenters. The summed E-state index contributed by atoms with van der Waals surface area (Å²) in [6, 6.07) is 16.9. The van der Waals surface area contributed by atoms with Crippen molar-refractivity contribution in [3.05, 3.63) is 59.7 Å². The third-order valence-electron chi connectivity index (χ3n) is 3.77. The van der Waals surface area contributed by atoms with Crippen LogP contribution in [0.2, 0.25) is 0 Å². The number of benzene rings is 2. The molecule has 0 aromatic heterocycles. The van der Waals surface area contributed by atoms with Gasteiger partial charge in [-0.2, -0.15) is 0 Å². The summed E-state index contributed by atoms with van der Waals surface area (Å²) in [7, 11) is 1.71. The summed E-state index contributed by atoms with van der Waals surface area (Å²) < 4.78 is 5.33. The first kappa shape index (κ1) is 13.0. The highest BCUT2D eigenvalue weighted by Crippen LogP contribution is 2.24. The zero-order valence-electron chi connectivity index (χ0n) is 11.8. The van der Waals surface area contributed by atoms with Crippen molar-refractivity contribution in [2.45, 2.75) is 13.1 Å². The van der Waals surface area contributed by atoms with Gasteiger partial charge in [-0.05, 0) is 23.3 Å². The smallest absolute Gasteiger partial charge is 0.120 e. The van der Waals surface area contributed by atoms with E-state index in [0.29, 0.717) is 0 Å². The summed E-state index contributed by atoms with van der Waals surface area (Å²) >= 11 is 0. The van der Waals surface area contributed by atoms with Crippen molar-refractivity contribution in [3.8, 4) is 5.75 Å². The van der Waals surface area contributed by atoms with Gasteiger partial charge in [0.1, 0.15) is 5.75 Å². The minimum Gasteiger partial charge on any atom is -0.497 e. The summed E-state index contributed by atoms with van der Waals surface area (Å²) in [5.74, 6) is 0.908. The monoisotopic (exact) mass is 268 g/mol. The van der Waals surface area contributed by atoms with Gasteiger partial charge in [-0.1, -0.05) is 30.3 Å². The first-order valence-electron chi connectivity index (χ1n) is 7.03. The summed E-state index contributed by atoms with van der Waals surface area (Å²) in [4.78, 5) is 2.40. The number of rotatable bonds is 2. The topological polar surface area (TPSA) is 24.5 Å². The Balaban J connectivity index is 1.90. The lowest BCUT2D eigenvalue weighted by Gasteiger charge is -2.29. The highest BCUT2D eigenvalue weighted by Gasteiger charge is 2.13. The molecule has 2 aromatic rings. The van der Waals surface area contributed by atoms with Gasteiger partial charge in [-0.25, -0.2) is 0 Å². The van der Waals surface area contributed by atoms with Crippen molar-refractivity contribution < 1.29 is 4.74 Å². The van der Waals surface area contributed by atoms with Gasteiger partial charge in [0.2, 0.25) is 0 Å². The van der Waals surface area contributed by atoms with Gasteiger partial charge in [0.15, 0.2) is 0 Å². The Morgan fingerprint density at radius 1 is 1.05 bits per heavy atom. The average Bonchev–Trinajstić information content (AvgIpc) is 2.48. The van der Waals surface area contributed by atoms with Crippen LogP contribution in [0.5, 0.6) is 5.75 Å². The molecule has 0 saturated carbocycles. The van der Waals surface area contributed by atoms with Crippen molar-refractivity contribution in [1.29, 1.82) is 0 Å². The summed E-state index contributed by atoms with van der Waals surface area (Å²) in [6.45, 7) is 3.90.